The van der Waals surface area contributed by atoms with Crippen molar-refractivity contribution in [3.05, 3.63) is 45.2 Å². The third kappa shape index (κ3) is 2.33. The monoisotopic (exact) mass is 260 g/mol. The molecule has 0 bridgehead atoms. The molecule has 0 spiro atoms. The van der Waals surface area contributed by atoms with Gasteiger partial charge in [0.2, 0.25) is 0 Å². The molecule has 0 atom stereocenters. The Bertz CT molecular complexity index is 659. The van der Waals surface area contributed by atoms with E-state index in [9.17, 15) is 9.59 Å². The fourth-order valence-electron chi connectivity index (χ4n) is 2.48. The van der Waals surface area contributed by atoms with Crippen molar-refractivity contribution in [1.82, 2.24) is 14.8 Å². The number of piperidine rings is 1. The second-order valence-electron chi connectivity index (χ2n) is 4.77. The van der Waals surface area contributed by atoms with E-state index in [1.807, 2.05) is 24.3 Å². The Balaban J connectivity index is 1.88. The van der Waals surface area contributed by atoms with E-state index in [1.165, 1.54) is 23.9 Å². The Kier molecular flexibility index (Phi) is 2.98. The molecule has 1 fully saturated rings. The first-order chi connectivity index (χ1) is 9.24. The molecule has 6 heteroatoms. The standard InChI is InChI=1S/C13H16N4O2/c18-12-14-13(19)17(15-12)11-6-4-10(5-7-11)16-8-2-1-3-9-16/h4-7H,1-3,8-9H2,(H2,14,15,18,19). The summed E-state index contributed by atoms with van der Waals surface area (Å²) in [5.74, 6) is 0. The Morgan fingerprint density at radius 3 is 2.11 bits per heavy atom. The van der Waals surface area contributed by atoms with Crippen LogP contribution in [0.2, 0.25) is 0 Å². The molecule has 1 aliphatic heterocycles. The van der Waals surface area contributed by atoms with Crippen LogP contribution in [-0.2, 0) is 0 Å². The number of nitrogens with zero attached hydrogens (tertiary/aromatic N) is 2. The minimum Gasteiger partial charge on any atom is -0.372 e. The fourth-order valence-corrected chi connectivity index (χ4v) is 2.48. The lowest BCUT2D eigenvalue weighted by atomic mass is 10.1. The minimum absolute atomic E-state index is 0.448. The number of aromatic nitrogens is 3. The molecule has 1 aromatic heterocycles. The number of anilines is 1. The zero-order valence-electron chi connectivity index (χ0n) is 10.6. The lowest BCUT2D eigenvalue weighted by molar-refractivity contribution is 0.578. The second-order valence-corrected chi connectivity index (χ2v) is 4.77. The van der Waals surface area contributed by atoms with Crippen LogP contribution in [0, 0.1) is 0 Å². The van der Waals surface area contributed by atoms with Gasteiger partial charge in [-0.05, 0) is 43.5 Å². The summed E-state index contributed by atoms with van der Waals surface area (Å²) in [5.41, 5.74) is 0.874. The molecule has 100 valence electrons. The molecule has 0 aliphatic carbocycles. The zero-order valence-corrected chi connectivity index (χ0v) is 10.6. The molecule has 0 amide bonds. The Morgan fingerprint density at radius 1 is 0.895 bits per heavy atom. The van der Waals surface area contributed by atoms with Crippen LogP contribution in [-0.4, -0.2) is 27.9 Å². The van der Waals surface area contributed by atoms with E-state index in [-0.39, 0.29) is 0 Å². The Morgan fingerprint density at radius 2 is 1.53 bits per heavy atom. The molecule has 1 saturated heterocycles. The van der Waals surface area contributed by atoms with Crippen molar-refractivity contribution in [2.45, 2.75) is 19.3 Å². The summed E-state index contributed by atoms with van der Waals surface area (Å²) in [7, 11) is 0. The first kappa shape index (κ1) is 11.8. The predicted octanol–water partition coefficient (Wildman–Crippen LogP) is 0.844. The third-order valence-electron chi connectivity index (χ3n) is 3.47. The number of H-pyrrole nitrogens is 2. The van der Waals surface area contributed by atoms with E-state index in [0.29, 0.717) is 5.69 Å². The molecule has 0 saturated carbocycles. The van der Waals surface area contributed by atoms with E-state index < -0.39 is 11.4 Å². The fraction of sp³-hybridized carbons (Fsp3) is 0.385. The van der Waals surface area contributed by atoms with E-state index >= 15 is 0 Å². The van der Waals surface area contributed by atoms with Gasteiger partial charge >= 0.3 is 11.4 Å². The largest absolute Gasteiger partial charge is 0.372 e. The second kappa shape index (κ2) is 4.79. The summed E-state index contributed by atoms with van der Waals surface area (Å²) in [5, 5.41) is 2.44. The lowest BCUT2D eigenvalue weighted by Gasteiger charge is -2.28. The van der Waals surface area contributed by atoms with Crippen molar-refractivity contribution in [3.63, 3.8) is 0 Å². The summed E-state index contributed by atoms with van der Waals surface area (Å²) in [4.78, 5) is 27.1. The highest BCUT2D eigenvalue weighted by atomic mass is 16.2. The van der Waals surface area contributed by atoms with Crippen LogP contribution in [0.5, 0.6) is 0 Å². The predicted molar refractivity (Wildman–Crippen MR) is 73.1 cm³/mol. The van der Waals surface area contributed by atoms with E-state index in [1.54, 1.807) is 0 Å². The van der Waals surface area contributed by atoms with Crippen molar-refractivity contribution >= 4 is 5.69 Å². The van der Waals surface area contributed by atoms with Gasteiger partial charge in [-0.15, -0.1) is 0 Å². The molecule has 1 aromatic carbocycles. The number of hydrogen-bond donors (Lipinski definition) is 2. The lowest BCUT2D eigenvalue weighted by Crippen LogP contribution is -2.29. The third-order valence-corrected chi connectivity index (χ3v) is 3.47. The molecular weight excluding hydrogens is 244 g/mol. The molecule has 0 unspecified atom stereocenters. The SMILES string of the molecule is O=c1[nH]c(=O)n(-c2ccc(N3CCCCC3)cc2)[nH]1. The summed E-state index contributed by atoms with van der Waals surface area (Å²) in [6, 6.07) is 7.65. The van der Waals surface area contributed by atoms with E-state index in [0.717, 1.165) is 18.8 Å². The van der Waals surface area contributed by atoms with Gasteiger partial charge < -0.3 is 4.90 Å². The van der Waals surface area contributed by atoms with Gasteiger partial charge in [0, 0.05) is 18.8 Å². The normalized spacial score (nSPS) is 15.7. The van der Waals surface area contributed by atoms with Crippen LogP contribution in [0.25, 0.3) is 5.69 Å². The molecule has 19 heavy (non-hydrogen) atoms. The maximum atomic E-state index is 11.5. The van der Waals surface area contributed by atoms with Gasteiger partial charge in [-0.1, -0.05) is 0 Å². The maximum Gasteiger partial charge on any atom is 0.349 e. The average Bonchev–Trinajstić information content (AvgIpc) is 2.79. The molecule has 0 radical (unpaired) electrons. The van der Waals surface area contributed by atoms with Crippen LogP contribution in [0.3, 0.4) is 0 Å². The highest BCUT2D eigenvalue weighted by molar-refractivity contribution is 5.50. The van der Waals surface area contributed by atoms with Gasteiger partial charge in [0.25, 0.3) is 0 Å². The summed E-state index contributed by atoms with van der Waals surface area (Å²) in [6.45, 7) is 2.17. The van der Waals surface area contributed by atoms with Crippen molar-refractivity contribution in [2.24, 2.45) is 0 Å². The maximum absolute atomic E-state index is 11.5. The van der Waals surface area contributed by atoms with Crippen LogP contribution in [0.1, 0.15) is 19.3 Å². The highest BCUT2D eigenvalue weighted by Gasteiger charge is 2.11. The molecular formula is C13H16N4O2. The molecule has 3 rings (SSSR count). The minimum atomic E-state index is -0.495. The van der Waals surface area contributed by atoms with Gasteiger partial charge in [-0.25, -0.2) is 19.4 Å². The summed E-state index contributed by atoms with van der Waals surface area (Å²) in [6.07, 6.45) is 3.76. The average molecular weight is 260 g/mol. The van der Waals surface area contributed by atoms with Crippen molar-refractivity contribution < 1.29 is 0 Å². The molecule has 2 aromatic rings. The van der Waals surface area contributed by atoms with Crippen LogP contribution in [0.15, 0.2) is 33.9 Å². The van der Waals surface area contributed by atoms with Crippen LogP contribution >= 0.6 is 0 Å². The first-order valence-corrected chi connectivity index (χ1v) is 6.51. The molecule has 2 N–H and O–H groups in total. The van der Waals surface area contributed by atoms with E-state index in [4.69, 9.17) is 0 Å². The van der Waals surface area contributed by atoms with Gasteiger partial charge in [0.1, 0.15) is 0 Å². The topological polar surface area (TPSA) is 73.9 Å². The van der Waals surface area contributed by atoms with Gasteiger partial charge in [0.15, 0.2) is 0 Å². The van der Waals surface area contributed by atoms with Crippen LogP contribution < -0.4 is 16.3 Å². The number of hydrogen-bond acceptors (Lipinski definition) is 3. The van der Waals surface area contributed by atoms with Crippen molar-refractivity contribution in [2.75, 3.05) is 18.0 Å². The zero-order chi connectivity index (χ0) is 13.2. The summed E-state index contributed by atoms with van der Waals surface area (Å²) < 4.78 is 1.21. The highest BCUT2D eigenvalue weighted by Crippen LogP contribution is 2.20. The molecule has 2 heterocycles. The quantitative estimate of drug-likeness (QED) is 0.840. The van der Waals surface area contributed by atoms with Gasteiger partial charge in [-0.2, -0.15) is 0 Å². The number of nitrogens with one attached hydrogen (secondary N) is 2. The first-order valence-electron chi connectivity index (χ1n) is 6.51. The number of aromatic amines is 2. The summed E-state index contributed by atoms with van der Waals surface area (Å²) >= 11 is 0. The Hall–Kier alpha value is -2.24. The van der Waals surface area contributed by atoms with E-state index in [2.05, 4.69) is 15.0 Å². The number of benzene rings is 1. The van der Waals surface area contributed by atoms with Crippen LogP contribution in [0.4, 0.5) is 5.69 Å². The Labute approximate surface area is 109 Å². The number of rotatable bonds is 2. The molecule has 1 aliphatic rings. The van der Waals surface area contributed by atoms with Crippen molar-refractivity contribution in [3.8, 4) is 5.69 Å². The van der Waals surface area contributed by atoms with Gasteiger partial charge in [-0.3, -0.25) is 4.98 Å². The molecule has 6 nitrogen and oxygen atoms in total. The smallest absolute Gasteiger partial charge is 0.349 e. The van der Waals surface area contributed by atoms with Gasteiger partial charge in [0.05, 0.1) is 5.69 Å². The van der Waals surface area contributed by atoms with Crippen molar-refractivity contribution in [1.29, 1.82) is 0 Å².